The van der Waals surface area contributed by atoms with Crippen LogP contribution < -0.4 is 5.32 Å². The van der Waals surface area contributed by atoms with E-state index in [-0.39, 0.29) is 17.5 Å². The molecular formula is C17H21ClN2O2. The van der Waals surface area contributed by atoms with Crippen LogP contribution in [0, 0.1) is 5.41 Å². The number of carbonyl (C=O) groups excluding carboxylic acids is 1. The lowest BCUT2D eigenvalue weighted by Gasteiger charge is -2.22. The summed E-state index contributed by atoms with van der Waals surface area (Å²) in [7, 11) is 0. The molecule has 4 rings (SSSR count). The molecular weight excluding hydrogens is 300 g/mol. The normalized spacial score (nSPS) is 33.4. The topological polar surface area (TPSA) is 41.6 Å². The number of carbonyl (C=O) groups is 1. The highest BCUT2D eigenvalue weighted by Crippen LogP contribution is 2.42. The van der Waals surface area contributed by atoms with E-state index < -0.39 is 0 Å². The largest absolute Gasteiger partial charge is 0.381 e. The Labute approximate surface area is 135 Å². The first-order valence-corrected chi connectivity index (χ1v) is 8.42. The number of nitrogens with zero attached hydrogens (tertiary/aromatic N) is 1. The van der Waals surface area contributed by atoms with Gasteiger partial charge in [0.05, 0.1) is 6.61 Å². The van der Waals surface area contributed by atoms with E-state index in [4.69, 9.17) is 16.3 Å². The molecule has 2 amide bonds. The van der Waals surface area contributed by atoms with Crippen molar-refractivity contribution in [3.63, 3.8) is 0 Å². The van der Waals surface area contributed by atoms with Gasteiger partial charge in [-0.15, -0.1) is 0 Å². The zero-order valence-electron chi connectivity index (χ0n) is 12.6. The van der Waals surface area contributed by atoms with Crippen LogP contribution in [0.25, 0.3) is 0 Å². The van der Waals surface area contributed by atoms with Gasteiger partial charge in [0.1, 0.15) is 0 Å². The maximum absolute atomic E-state index is 12.4. The summed E-state index contributed by atoms with van der Waals surface area (Å²) in [5, 5.41) is 3.93. The summed E-state index contributed by atoms with van der Waals surface area (Å²) in [6.07, 6.45) is 3.17. The van der Waals surface area contributed by atoms with Crippen molar-refractivity contribution in [2.45, 2.75) is 31.2 Å². The van der Waals surface area contributed by atoms with Crippen LogP contribution in [0.2, 0.25) is 5.02 Å². The number of hydrogen-bond donors (Lipinski definition) is 1. The van der Waals surface area contributed by atoms with Crippen LogP contribution in [0.15, 0.2) is 24.3 Å². The van der Waals surface area contributed by atoms with E-state index in [0.717, 1.165) is 50.6 Å². The molecule has 0 aromatic heterocycles. The predicted octanol–water partition coefficient (Wildman–Crippen LogP) is 3.02. The Kier molecular flexibility index (Phi) is 3.54. The van der Waals surface area contributed by atoms with Crippen molar-refractivity contribution < 1.29 is 9.53 Å². The Balaban J connectivity index is 1.32. The van der Waals surface area contributed by atoms with Gasteiger partial charge in [-0.3, -0.25) is 0 Å². The molecule has 2 aliphatic heterocycles. The van der Waals surface area contributed by atoms with Crippen molar-refractivity contribution in [3.05, 3.63) is 34.9 Å². The van der Waals surface area contributed by atoms with Crippen LogP contribution in [-0.4, -0.2) is 43.3 Å². The van der Waals surface area contributed by atoms with Crippen molar-refractivity contribution in [2.75, 3.05) is 26.3 Å². The second-order valence-electron chi connectivity index (χ2n) is 6.93. The molecule has 0 radical (unpaired) electrons. The molecule has 0 bridgehead atoms. The highest BCUT2D eigenvalue weighted by Gasteiger charge is 2.45. The Hall–Kier alpha value is -1.26. The van der Waals surface area contributed by atoms with Crippen molar-refractivity contribution in [1.82, 2.24) is 10.2 Å². The number of halogens is 1. The van der Waals surface area contributed by atoms with Crippen molar-refractivity contribution in [3.8, 4) is 0 Å². The number of ether oxygens (including phenoxy) is 1. The monoisotopic (exact) mass is 320 g/mol. The van der Waals surface area contributed by atoms with Crippen LogP contribution in [0.4, 0.5) is 4.79 Å². The summed E-state index contributed by atoms with van der Waals surface area (Å²) in [5.41, 5.74) is 1.45. The molecule has 3 aliphatic rings. The minimum Gasteiger partial charge on any atom is -0.381 e. The SMILES string of the molecule is O=C(N[C@@H]1C[C@H]1c1cccc(Cl)c1)N1CC[C@@]2(CCOC2)C1. The van der Waals surface area contributed by atoms with E-state index in [1.165, 1.54) is 5.56 Å². The van der Waals surface area contributed by atoms with Gasteiger partial charge in [-0.1, -0.05) is 23.7 Å². The fourth-order valence-electron chi connectivity index (χ4n) is 3.79. The van der Waals surface area contributed by atoms with Crippen LogP contribution in [0.3, 0.4) is 0 Å². The van der Waals surface area contributed by atoms with Gasteiger partial charge in [0.2, 0.25) is 0 Å². The fourth-order valence-corrected chi connectivity index (χ4v) is 3.99. The lowest BCUT2D eigenvalue weighted by Crippen LogP contribution is -2.41. The van der Waals surface area contributed by atoms with Gasteiger partial charge in [0.25, 0.3) is 0 Å². The van der Waals surface area contributed by atoms with E-state index in [2.05, 4.69) is 11.4 Å². The molecule has 4 nitrogen and oxygen atoms in total. The number of benzene rings is 1. The first kappa shape index (κ1) is 14.3. The molecule has 1 aromatic carbocycles. The molecule has 118 valence electrons. The lowest BCUT2D eigenvalue weighted by atomic mass is 9.87. The number of amides is 2. The fraction of sp³-hybridized carbons (Fsp3) is 0.588. The molecule has 22 heavy (non-hydrogen) atoms. The average molecular weight is 321 g/mol. The third-order valence-corrected chi connectivity index (χ3v) is 5.52. The van der Waals surface area contributed by atoms with Crippen LogP contribution in [-0.2, 0) is 4.74 Å². The number of rotatable bonds is 2. The van der Waals surface area contributed by atoms with Gasteiger partial charge < -0.3 is 15.0 Å². The molecule has 1 aliphatic carbocycles. The van der Waals surface area contributed by atoms with Gasteiger partial charge in [-0.25, -0.2) is 4.79 Å². The molecule has 1 N–H and O–H groups in total. The lowest BCUT2D eigenvalue weighted by molar-refractivity contribution is 0.152. The number of likely N-dealkylation sites (tertiary alicyclic amines) is 1. The Morgan fingerprint density at radius 3 is 3.09 bits per heavy atom. The summed E-state index contributed by atoms with van der Waals surface area (Å²) < 4.78 is 5.52. The maximum atomic E-state index is 12.4. The average Bonchev–Trinajstić information content (AvgIpc) is 2.95. The minimum atomic E-state index is 0.0818. The summed E-state index contributed by atoms with van der Waals surface area (Å²) in [6, 6.07) is 8.27. The van der Waals surface area contributed by atoms with Crippen molar-refractivity contribution in [1.29, 1.82) is 0 Å². The van der Waals surface area contributed by atoms with Crippen LogP contribution in [0.1, 0.15) is 30.7 Å². The Bertz CT molecular complexity index is 586. The first-order chi connectivity index (χ1) is 10.7. The van der Waals surface area contributed by atoms with E-state index in [1.54, 1.807) is 0 Å². The quantitative estimate of drug-likeness (QED) is 0.910. The van der Waals surface area contributed by atoms with Gasteiger partial charge in [-0.2, -0.15) is 0 Å². The van der Waals surface area contributed by atoms with E-state index >= 15 is 0 Å². The molecule has 0 unspecified atom stereocenters. The summed E-state index contributed by atoms with van der Waals surface area (Å²) >= 11 is 6.04. The molecule has 1 aromatic rings. The van der Waals surface area contributed by atoms with E-state index in [1.807, 2.05) is 23.1 Å². The highest BCUT2D eigenvalue weighted by atomic mass is 35.5. The van der Waals surface area contributed by atoms with Crippen LogP contribution in [0.5, 0.6) is 0 Å². The van der Waals surface area contributed by atoms with E-state index in [0.29, 0.717) is 5.92 Å². The molecule has 1 saturated carbocycles. The second-order valence-corrected chi connectivity index (χ2v) is 7.36. The standard InChI is InChI=1S/C17H21ClN2O2/c18-13-3-1-2-12(8-13)14-9-15(14)19-16(21)20-6-4-17(10-20)5-7-22-11-17/h1-3,8,14-15H,4-7,9-11H2,(H,19,21)/t14-,15+,17+/m0/s1. The maximum Gasteiger partial charge on any atom is 0.317 e. The molecule has 2 heterocycles. The van der Waals surface area contributed by atoms with Crippen molar-refractivity contribution >= 4 is 17.6 Å². The third-order valence-electron chi connectivity index (χ3n) is 5.29. The number of urea groups is 1. The first-order valence-electron chi connectivity index (χ1n) is 8.04. The van der Waals surface area contributed by atoms with Crippen molar-refractivity contribution in [2.24, 2.45) is 5.41 Å². The summed E-state index contributed by atoms with van der Waals surface area (Å²) in [5.74, 6) is 0.411. The van der Waals surface area contributed by atoms with E-state index in [9.17, 15) is 4.79 Å². The zero-order chi connectivity index (χ0) is 15.2. The van der Waals surface area contributed by atoms with Gasteiger partial charge in [0, 0.05) is 42.1 Å². The summed E-state index contributed by atoms with van der Waals surface area (Å²) in [6.45, 7) is 3.34. The van der Waals surface area contributed by atoms with Gasteiger partial charge in [-0.05, 0) is 37.0 Å². The minimum absolute atomic E-state index is 0.0818. The Morgan fingerprint density at radius 2 is 2.32 bits per heavy atom. The smallest absolute Gasteiger partial charge is 0.317 e. The van der Waals surface area contributed by atoms with Gasteiger partial charge >= 0.3 is 6.03 Å². The molecule has 3 fully saturated rings. The third kappa shape index (κ3) is 2.70. The Morgan fingerprint density at radius 1 is 1.41 bits per heavy atom. The second kappa shape index (κ2) is 5.43. The molecule has 5 heteroatoms. The predicted molar refractivity (Wildman–Crippen MR) is 85.2 cm³/mol. The van der Waals surface area contributed by atoms with Gasteiger partial charge in [0.15, 0.2) is 0 Å². The summed E-state index contributed by atoms with van der Waals surface area (Å²) in [4.78, 5) is 14.4. The molecule has 2 saturated heterocycles. The zero-order valence-corrected chi connectivity index (χ0v) is 13.3. The number of hydrogen-bond acceptors (Lipinski definition) is 2. The van der Waals surface area contributed by atoms with Crippen LogP contribution >= 0.6 is 11.6 Å². The highest BCUT2D eigenvalue weighted by molar-refractivity contribution is 6.30. The molecule has 3 atom stereocenters. The number of nitrogens with one attached hydrogen (secondary N) is 1. The molecule has 1 spiro atoms.